The third-order valence-corrected chi connectivity index (χ3v) is 4.69. The average molecular weight is 470 g/mol. The molecule has 1 atom stereocenters. The van der Waals surface area contributed by atoms with Crippen molar-refractivity contribution in [2.24, 2.45) is 0 Å². The summed E-state index contributed by atoms with van der Waals surface area (Å²) in [4.78, 5) is 20.0. The molecule has 1 aromatic heterocycles. The van der Waals surface area contributed by atoms with Crippen molar-refractivity contribution in [3.05, 3.63) is 71.7 Å². The maximum absolute atomic E-state index is 13.2. The number of anilines is 3. The molecule has 0 aliphatic rings. The Morgan fingerprint density at radius 3 is 2.48 bits per heavy atom. The van der Waals surface area contributed by atoms with Crippen LogP contribution in [0.2, 0.25) is 0 Å². The van der Waals surface area contributed by atoms with E-state index in [-0.39, 0.29) is 17.5 Å². The van der Waals surface area contributed by atoms with Crippen molar-refractivity contribution >= 4 is 40.8 Å². The standard InChI is InChI=1S/C23H24FN5O3S/c1-3-32-18-10-8-17(9-11-18)26-20-12-14(2)25-22(28-20)29-23(33)27-19(13-21(30)31)15-4-6-16(24)7-5-15/h4-12,19H,3,13H2,1-2H3,(H,30,31)(H3,25,26,27,28,29,33)/t19-/m0/s1. The van der Waals surface area contributed by atoms with Gasteiger partial charge in [-0.15, -0.1) is 0 Å². The highest BCUT2D eigenvalue weighted by atomic mass is 32.1. The Morgan fingerprint density at radius 2 is 1.85 bits per heavy atom. The highest BCUT2D eigenvalue weighted by Crippen LogP contribution is 2.21. The molecule has 0 radical (unpaired) electrons. The molecule has 0 aliphatic carbocycles. The molecule has 2 aromatic carbocycles. The van der Waals surface area contributed by atoms with Gasteiger partial charge >= 0.3 is 5.97 Å². The predicted octanol–water partition coefficient (Wildman–Crippen LogP) is 4.57. The van der Waals surface area contributed by atoms with Crippen molar-refractivity contribution in [3.8, 4) is 5.75 Å². The minimum absolute atomic E-state index is 0.142. The first-order chi connectivity index (χ1) is 15.8. The normalized spacial score (nSPS) is 11.4. The molecule has 3 aromatic rings. The van der Waals surface area contributed by atoms with Crippen LogP contribution in [0.1, 0.15) is 30.6 Å². The van der Waals surface area contributed by atoms with E-state index in [1.807, 2.05) is 38.1 Å². The second-order valence-corrected chi connectivity index (χ2v) is 7.51. The van der Waals surface area contributed by atoms with E-state index < -0.39 is 17.8 Å². The third-order valence-electron chi connectivity index (χ3n) is 4.47. The second-order valence-electron chi connectivity index (χ2n) is 7.10. The third kappa shape index (κ3) is 7.39. The minimum Gasteiger partial charge on any atom is -0.494 e. The first-order valence-electron chi connectivity index (χ1n) is 10.2. The monoisotopic (exact) mass is 469 g/mol. The molecule has 10 heteroatoms. The van der Waals surface area contributed by atoms with Crippen molar-refractivity contribution in [2.45, 2.75) is 26.3 Å². The maximum atomic E-state index is 13.2. The predicted molar refractivity (Wildman–Crippen MR) is 128 cm³/mol. The Morgan fingerprint density at radius 1 is 1.15 bits per heavy atom. The zero-order chi connectivity index (χ0) is 23.8. The number of benzene rings is 2. The van der Waals surface area contributed by atoms with Crippen molar-refractivity contribution in [3.63, 3.8) is 0 Å². The molecule has 0 unspecified atom stereocenters. The largest absolute Gasteiger partial charge is 0.494 e. The van der Waals surface area contributed by atoms with E-state index in [0.717, 1.165) is 11.4 Å². The minimum atomic E-state index is -1.02. The number of hydrogen-bond acceptors (Lipinski definition) is 6. The fourth-order valence-electron chi connectivity index (χ4n) is 3.06. The van der Waals surface area contributed by atoms with E-state index in [1.54, 1.807) is 6.07 Å². The van der Waals surface area contributed by atoms with Crippen molar-refractivity contribution in [1.29, 1.82) is 0 Å². The molecule has 0 bridgehead atoms. The Bertz CT molecular complexity index is 1110. The summed E-state index contributed by atoms with van der Waals surface area (Å²) in [6, 6.07) is 14.2. The summed E-state index contributed by atoms with van der Waals surface area (Å²) in [5.41, 5.74) is 2.11. The fraction of sp³-hybridized carbons (Fsp3) is 0.217. The lowest BCUT2D eigenvalue weighted by molar-refractivity contribution is -0.137. The van der Waals surface area contributed by atoms with Crippen molar-refractivity contribution in [1.82, 2.24) is 15.3 Å². The molecule has 1 heterocycles. The molecule has 0 saturated carbocycles. The number of carboxylic acids is 1. The van der Waals surface area contributed by atoms with Crippen LogP contribution in [0.15, 0.2) is 54.6 Å². The topological polar surface area (TPSA) is 108 Å². The number of rotatable bonds is 9. The Kier molecular flexibility index (Phi) is 8.09. The van der Waals surface area contributed by atoms with Crippen molar-refractivity contribution in [2.75, 3.05) is 17.2 Å². The van der Waals surface area contributed by atoms with E-state index in [2.05, 4.69) is 25.9 Å². The van der Waals surface area contributed by atoms with Gasteiger partial charge in [0.15, 0.2) is 5.11 Å². The number of aryl methyl sites for hydroxylation is 1. The van der Waals surface area contributed by atoms with Crippen LogP contribution in [-0.2, 0) is 4.79 Å². The van der Waals surface area contributed by atoms with Gasteiger partial charge in [-0.3, -0.25) is 4.79 Å². The molecule has 0 spiro atoms. The first-order valence-corrected chi connectivity index (χ1v) is 10.6. The summed E-state index contributed by atoms with van der Waals surface area (Å²) < 4.78 is 18.7. The Balaban J connectivity index is 1.69. The maximum Gasteiger partial charge on any atom is 0.305 e. The lowest BCUT2D eigenvalue weighted by atomic mass is 10.0. The number of nitrogens with one attached hydrogen (secondary N) is 3. The van der Waals surface area contributed by atoms with Gasteiger partial charge in [0, 0.05) is 17.4 Å². The van der Waals surface area contributed by atoms with Gasteiger partial charge in [0.2, 0.25) is 5.95 Å². The van der Waals surface area contributed by atoms with Gasteiger partial charge in [-0.05, 0) is 68.0 Å². The van der Waals surface area contributed by atoms with Gasteiger partial charge in [0.1, 0.15) is 17.4 Å². The molecule has 8 nitrogen and oxygen atoms in total. The van der Waals surface area contributed by atoms with E-state index >= 15 is 0 Å². The SMILES string of the molecule is CCOc1ccc(Nc2cc(C)nc(NC(=S)N[C@@H](CC(=O)O)c3ccc(F)cc3)n2)cc1. The van der Waals surface area contributed by atoms with Gasteiger partial charge in [-0.2, -0.15) is 4.98 Å². The average Bonchev–Trinajstić information content (AvgIpc) is 2.74. The number of hydrogen-bond donors (Lipinski definition) is 4. The van der Waals surface area contributed by atoms with E-state index in [9.17, 15) is 14.3 Å². The van der Waals surface area contributed by atoms with Gasteiger partial charge < -0.3 is 25.8 Å². The molecule has 3 rings (SSSR count). The second kappa shape index (κ2) is 11.2. The lowest BCUT2D eigenvalue weighted by Gasteiger charge is -2.20. The molecule has 172 valence electrons. The number of carboxylic acid groups (broad SMARTS) is 1. The van der Waals surface area contributed by atoms with E-state index in [0.29, 0.717) is 23.7 Å². The summed E-state index contributed by atoms with van der Waals surface area (Å²) in [6.45, 7) is 4.33. The van der Waals surface area contributed by atoms with Gasteiger partial charge in [-0.1, -0.05) is 12.1 Å². The fourth-order valence-corrected chi connectivity index (χ4v) is 3.29. The Labute approximate surface area is 196 Å². The highest BCUT2D eigenvalue weighted by Gasteiger charge is 2.17. The van der Waals surface area contributed by atoms with Crippen LogP contribution in [-0.4, -0.2) is 32.8 Å². The smallest absolute Gasteiger partial charge is 0.305 e. The van der Waals surface area contributed by atoms with Crippen LogP contribution in [0.25, 0.3) is 0 Å². The van der Waals surface area contributed by atoms with Crippen LogP contribution < -0.4 is 20.7 Å². The van der Waals surface area contributed by atoms with Gasteiger partial charge in [0.25, 0.3) is 0 Å². The Hall–Kier alpha value is -3.79. The van der Waals surface area contributed by atoms with Crippen LogP contribution in [0.3, 0.4) is 0 Å². The molecular weight excluding hydrogens is 445 g/mol. The van der Waals surface area contributed by atoms with E-state index in [4.69, 9.17) is 17.0 Å². The molecule has 33 heavy (non-hydrogen) atoms. The lowest BCUT2D eigenvalue weighted by Crippen LogP contribution is -2.34. The quantitative estimate of drug-likeness (QED) is 0.335. The molecule has 0 amide bonds. The van der Waals surface area contributed by atoms with Crippen LogP contribution >= 0.6 is 12.2 Å². The molecule has 0 aliphatic heterocycles. The zero-order valence-electron chi connectivity index (χ0n) is 18.1. The summed E-state index contributed by atoms with van der Waals surface area (Å²) >= 11 is 5.34. The summed E-state index contributed by atoms with van der Waals surface area (Å²) in [5.74, 6) is 0.145. The van der Waals surface area contributed by atoms with Gasteiger partial charge in [0.05, 0.1) is 19.1 Å². The summed E-state index contributed by atoms with van der Waals surface area (Å²) in [5, 5.41) is 18.4. The number of halogens is 1. The highest BCUT2D eigenvalue weighted by molar-refractivity contribution is 7.80. The number of aromatic nitrogens is 2. The van der Waals surface area contributed by atoms with Crippen LogP contribution in [0.5, 0.6) is 5.75 Å². The van der Waals surface area contributed by atoms with E-state index in [1.165, 1.54) is 24.3 Å². The zero-order valence-corrected chi connectivity index (χ0v) is 18.9. The number of nitrogens with zero attached hydrogens (tertiary/aromatic N) is 2. The van der Waals surface area contributed by atoms with Crippen molar-refractivity contribution < 1.29 is 19.0 Å². The summed E-state index contributed by atoms with van der Waals surface area (Å²) in [6.07, 6.45) is -0.243. The number of ether oxygens (including phenoxy) is 1. The summed E-state index contributed by atoms with van der Waals surface area (Å²) in [7, 11) is 0. The number of thiocarbonyl (C=S) groups is 1. The molecule has 0 saturated heterocycles. The van der Waals surface area contributed by atoms with Crippen LogP contribution in [0.4, 0.5) is 21.8 Å². The molecular formula is C23H24FN5O3S. The number of carbonyl (C=O) groups is 1. The van der Waals surface area contributed by atoms with Gasteiger partial charge in [-0.25, -0.2) is 9.37 Å². The molecule has 0 fully saturated rings. The first kappa shape index (κ1) is 23.9. The van der Waals surface area contributed by atoms with Crippen LogP contribution in [0, 0.1) is 12.7 Å². The number of aliphatic carboxylic acids is 1. The molecule has 4 N–H and O–H groups in total.